The summed E-state index contributed by atoms with van der Waals surface area (Å²) in [5.41, 5.74) is -1.46. The van der Waals surface area contributed by atoms with E-state index in [0.717, 1.165) is 0 Å². The number of benzene rings is 1. The first-order chi connectivity index (χ1) is 14.5. The third-order valence-corrected chi connectivity index (χ3v) is 4.75. The highest BCUT2D eigenvalue weighted by molar-refractivity contribution is 5.35. The lowest BCUT2D eigenvalue weighted by Crippen LogP contribution is -3.09. The van der Waals surface area contributed by atoms with Gasteiger partial charge in [-0.15, -0.1) is 0 Å². The summed E-state index contributed by atoms with van der Waals surface area (Å²) in [6, 6.07) is 0. The summed E-state index contributed by atoms with van der Waals surface area (Å²) in [7, 11) is 0. The molecule has 0 saturated heterocycles. The minimum Gasteiger partial charge on any atom is -0.295 e. The summed E-state index contributed by atoms with van der Waals surface area (Å²) in [5.74, 6) is -11.6. The van der Waals surface area contributed by atoms with Gasteiger partial charge in [-0.1, -0.05) is 13.3 Å². The van der Waals surface area contributed by atoms with E-state index in [1.54, 1.807) is 6.92 Å². The average Bonchev–Trinajstić information content (AvgIpc) is 2.76. The number of unbranched alkanes of at least 4 members (excludes halogenated alkanes) is 1. The van der Waals surface area contributed by atoms with Crippen LogP contribution in [0.15, 0.2) is 0 Å². The lowest BCUT2D eigenvalue weighted by molar-refractivity contribution is -0.838. The Kier molecular flexibility index (Phi) is 11.0. The summed E-state index contributed by atoms with van der Waals surface area (Å²) in [6.07, 6.45) is -16.2. The molecule has 0 aliphatic rings. The molecule has 0 heterocycles. The molecule has 12 heteroatoms. The molecule has 0 saturated carbocycles. The molecule has 1 N–H and O–H groups in total. The van der Waals surface area contributed by atoms with E-state index in [0.29, 0.717) is 6.42 Å². The number of quaternary nitrogens is 1. The summed E-state index contributed by atoms with van der Waals surface area (Å²) in [4.78, 5) is -0.721. The third kappa shape index (κ3) is 6.69. The van der Waals surface area contributed by atoms with Gasteiger partial charge in [0.25, 0.3) is 0 Å². The normalized spacial score (nSPS) is 17.8. The van der Waals surface area contributed by atoms with E-state index in [9.17, 15) is 48.3 Å². The van der Waals surface area contributed by atoms with Crippen LogP contribution in [0.25, 0.3) is 0 Å². The van der Waals surface area contributed by atoms with E-state index in [1.807, 2.05) is 0 Å². The van der Waals surface area contributed by atoms with Crippen LogP contribution in [0.5, 0.6) is 0 Å². The summed E-state index contributed by atoms with van der Waals surface area (Å²) in [5, 5.41) is 0. The van der Waals surface area contributed by atoms with E-state index >= 15 is 0 Å². The first kappa shape index (κ1) is 27.4. The van der Waals surface area contributed by atoms with Crippen LogP contribution in [0, 0.1) is 29.1 Å². The average molecular weight is 474 g/mol. The zero-order valence-corrected chi connectivity index (χ0v) is 16.5. The van der Waals surface area contributed by atoms with Gasteiger partial charge in [-0.25, -0.2) is 35.1 Å². The zero-order chi connectivity index (χ0) is 23.9. The maximum Gasteiger partial charge on any atom is 0.225 e. The lowest BCUT2D eigenvalue weighted by Gasteiger charge is -2.26. The second kappa shape index (κ2) is 12.4. The van der Waals surface area contributed by atoms with Crippen LogP contribution in [0.3, 0.4) is 0 Å². The van der Waals surface area contributed by atoms with Crippen molar-refractivity contribution in [2.75, 3.05) is 19.8 Å². The number of halogens is 11. The molecule has 31 heavy (non-hydrogen) atoms. The van der Waals surface area contributed by atoms with E-state index in [1.165, 1.54) is 0 Å². The molecule has 0 aromatic heterocycles. The van der Waals surface area contributed by atoms with Gasteiger partial charge < -0.3 is 0 Å². The highest BCUT2D eigenvalue weighted by Crippen LogP contribution is 2.26. The van der Waals surface area contributed by atoms with Crippen LogP contribution in [0.4, 0.5) is 54.0 Å². The van der Waals surface area contributed by atoms with Gasteiger partial charge in [0.15, 0.2) is 24.7 Å². The largest absolute Gasteiger partial charge is 0.295 e. The molecule has 6 atom stereocenters. The second-order valence-corrected chi connectivity index (χ2v) is 7.05. The van der Waals surface area contributed by atoms with Crippen LogP contribution in [0.1, 0.15) is 32.6 Å². The third-order valence-electron chi connectivity index (χ3n) is 4.75. The molecule has 1 rings (SSSR count). The predicted molar refractivity (Wildman–Crippen MR) is 91.2 cm³/mol. The lowest BCUT2D eigenvalue weighted by atomic mass is 10.0. The van der Waals surface area contributed by atoms with Gasteiger partial charge in [0, 0.05) is 0 Å². The number of hydrogen-bond acceptors (Lipinski definition) is 0. The predicted octanol–water partition coefficient (Wildman–Crippen LogP) is 5.14. The molecule has 1 nitrogen and oxygen atoms in total. The highest BCUT2D eigenvalue weighted by atomic mass is 19.2. The molecule has 1 aromatic rings. The van der Waals surface area contributed by atoms with Crippen molar-refractivity contribution < 1.29 is 53.2 Å². The van der Waals surface area contributed by atoms with Gasteiger partial charge in [-0.2, -0.15) is 8.78 Å². The van der Waals surface area contributed by atoms with Crippen LogP contribution >= 0.6 is 0 Å². The molecule has 0 spiro atoms. The smallest absolute Gasteiger partial charge is 0.225 e. The van der Waals surface area contributed by atoms with Crippen molar-refractivity contribution in [1.82, 2.24) is 0 Å². The van der Waals surface area contributed by atoms with Crippen molar-refractivity contribution in [2.45, 2.75) is 63.5 Å². The van der Waals surface area contributed by atoms with E-state index in [2.05, 4.69) is 0 Å². The summed E-state index contributed by atoms with van der Waals surface area (Å²) >= 11 is 0. The molecule has 0 aliphatic heterocycles. The molecular formula is C19H23F11N+. The molecule has 0 amide bonds. The SMILES string of the molecule is CCCC[NH+](CC(F)C(F)C(F)C(F)C(F)CCCF)c1c(F)c(F)c(F)c(F)c1F. The number of nitrogens with one attached hydrogen (secondary N) is 1. The van der Waals surface area contributed by atoms with Crippen molar-refractivity contribution in [2.24, 2.45) is 0 Å². The minimum absolute atomic E-state index is 0.0824. The first-order valence-electron chi connectivity index (χ1n) is 9.62. The Morgan fingerprint density at radius 2 is 1.16 bits per heavy atom. The topological polar surface area (TPSA) is 4.44 Å². The van der Waals surface area contributed by atoms with Crippen LogP contribution in [0.2, 0.25) is 0 Å². The molecule has 0 bridgehead atoms. The highest BCUT2D eigenvalue weighted by Gasteiger charge is 2.43. The van der Waals surface area contributed by atoms with Gasteiger partial charge in [-0.05, 0) is 19.3 Å². The quantitative estimate of drug-likeness (QED) is 0.230. The van der Waals surface area contributed by atoms with E-state index < -0.39 is 103 Å². The molecule has 0 aliphatic carbocycles. The van der Waals surface area contributed by atoms with Crippen molar-refractivity contribution >= 4 is 5.69 Å². The van der Waals surface area contributed by atoms with Crippen molar-refractivity contribution in [3.63, 3.8) is 0 Å². The summed E-state index contributed by atoms with van der Waals surface area (Å²) in [6.45, 7) is -1.17. The fraction of sp³-hybridized carbons (Fsp3) is 0.684. The monoisotopic (exact) mass is 474 g/mol. The fourth-order valence-corrected chi connectivity index (χ4v) is 2.99. The van der Waals surface area contributed by atoms with Gasteiger partial charge in [0.2, 0.25) is 34.8 Å². The molecule has 6 unspecified atom stereocenters. The van der Waals surface area contributed by atoms with Crippen molar-refractivity contribution in [3.8, 4) is 0 Å². The van der Waals surface area contributed by atoms with Crippen molar-refractivity contribution in [1.29, 1.82) is 0 Å². The van der Waals surface area contributed by atoms with Crippen LogP contribution in [-0.2, 0) is 0 Å². The van der Waals surface area contributed by atoms with Crippen LogP contribution < -0.4 is 4.90 Å². The van der Waals surface area contributed by atoms with Crippen LogP contribution in [-0.4, -0.2) is 50.6 Å². The maximum atomic E-state index is 14.3. The van der Waals surface area contributed by atoms with Gasteiger partial charge in [0.1, 0.15) is 12.7 Å². The van der Waals surface area contributed by atoms with E-state index in [4.69, 9.17) is 0 Å². The summed E-state index contributed by atoms with van der Waals surface area (Å²) < 4.78 is 150. The Labute approximate surface area is 172 Å². The Balaban J connectivity index is 3.10. The molecular weight excluding hydrogens is 451 g/mol. The number of alkyl halides is 6. The van der Waals surface area contributed by atoms with Gasteiger partial charge in [-0.3, -0.25) is 9.29 Å². The molecule has 180 valence electrons. The number of hydrogen-bond donors (Lipinski definition) is 1. The van der Waals surface area contributed by atoms with E-state index in [-0.39, 0.29) is 6.42 Å². The minimum atomic E-state index is -3.33. The maximum absolute atomic E-state index is 14.3. The Bertz CT molecular complexity index is 673. The molecule has 0 fully saturated rings. The second-order valence-electron chi connectivity index (χ2n) is 7.05. The van der Waals surface area contributed by atoms with Gasteiger partial charge >= 0.3 is 0 Å². The zero-order valence-electron chi connectivity index (χ0n) is 16.5. The first-order valence-corrected chi connectivity index (χ1v) is 9.62. The van der Waals surface area contributed by atoms with Gasteiger partial charge in [0.05, 0.1) is 13.2 Å². The molecule has 0 radical (unpaired) electrons. The Morgan fingerprint density at radius 3 is 1.65 bits per heavy atom. The fourth-order valence-electron chi connectivity index (χ4n) is 2.99. The standard InChI is InChI=1S/C19H22F11N/c1-2-3-7-31(19-17(29)15(27)14(26)16(28)18(19)30)8-10(22)12(24)13(25)11(23)9(21)5-4-6-20/h9-13H,2-8H2,1H3/p+1. The Hall–Kier alpha value is -1.59. The number of rotatable bonds is 13. The molecule has 1 aromatic carbocycles. The van der Waals surface area contributed by atoms with Crippen molar-refractivity contribution in [3.05, 3.63) is 29.1 Å². The Morgan fingerprint density at radius 1 is 0.677 bits per heavy atom.